The molecule has 0 radical (unpaired) electrons. The highest BCUT2D eigenvalue weighted by Crippen LogP contribution is 2.45. The number of anilines is 1. The van der Waals surface area contributed by atoms with Gasteiger partial charge in [-0.05, 0) is 42.7 Å². The lowest BCUT2D eigenvalue weighted by molar-refractivity contribution is -0.642. The number of thioether (sulfide) groups is 1. The molecule has 4 rings (SSSR count). The summed E-state index contributed by atoms with van der Waals surface area (Å²) >= 11 is 3.75. The Kier molecular flexibility index (Phi) is 5.88. The quantitative estimate of drug-likeness (QED) is 0.329. The number of hydrogen-bond acceptors (Lipinski definition) is 3. The molecule has 144 valence electrons. The van der Waals surface area contributed by atoms with Gasteiger partial charge in [-0.2, -0.15) is 4.57 Å². The van der Waals surface area contributed by atoms with Gasteiger partial charge in [0.15, 0.2) is 0 Å². The molecule has 1 aliphatic rings. The van der Waals surface area contributed by atoms with Crippen molar-refractivity contribution < 1.29 is 4.57 Å². The SMILES string of the molecule is CCCCCC(=C/c1sc2ccccc2[n+]1C)/C=C1\Sc2ccccc2N1C. The molecule has 0 spiro atoms. The van der Waals surface area contributed by atoms with Crippen LogP contribution in [0.25, 0.3) is 16.3 Å². The molecule has 0 bridgehead atoms. The zero-order chi connectivity index (χ0) is 19.5. The van der Waals surface area contributed by atoms with Gasteiger partial charge in [0.05, 0.1) is 10.7 Å². The first-order valence-corrected chi connectivity index (χ1v) is 11.6. The molecule has 0 unspecified atom stereocenters. The Balaban J connectivity index is 1.69. The van der Waals surface area contributed by atoms with Crippen LogP contribution in [0.2, 0.25) is 0 Å². The number of aromatic nitrogens is 1. The van der Waals surface area contributed by atoms with E-state index in [1.54, 1.807) is 0 Å². The van der Waals surface area contributed by atoms with Gasteiger partial charge in [-0.3, -0.25) is 0 Å². The fraction of sp³-hybridized carbons (Fsp3) is 0.292. The van der Waals surface area contributed by atoms with E-state index in [9.17, 15) is 0 Å². The van der Waals surface area contributed by atoms with Crippen molar-refractivity contribution in [3.05, 3.63) is 70.2 Å². The van der Waals surface area contributed by atoms with Crippen LogP contribution in [0, 0.1) is 0 Å². The van der Waals surface area contributed by atoms with Gasteiger partial charge in [-0.25, -0.2) is 0 Å². The highest BCUT2D eigenvalue weighted by molar-refractivity contribution is 8.03. The second kappa shape index (κ2) is 8.54. The van der Waals surface area contributed by atoms with E-state index in [1.165, 1.54) is 55.7 Å². The molecule has 4 heteroatoms. The lowest BCUT2D eigenvalue weighted by atomic mass is 10.1. The number of aryl methyl sites for hydroxylation is 1. The van der Waals surface area contributed by atoms with Crippen LogP contribution in [-0.4, -0.2) is 7.05 Å². The molecule has 0 atom stereocenters. The molecular formula is C24H27N2S2+. The van der Waals surface area contributed by atoms with Crippen LogP contribution in [0.5, 0.6) is 0 Å². The van der Waals surface area contributed by atoms with E-state index in [1.807, 2.05) is 23.1 Å². The van der Waals surface area contributed by atoms with Crippen molar-refractivity contribution in [3.63, 3.8) is 0 Å². The molecule has 0 saturated heterocycles. The molecular weight excluding hydrogens is 380 g/mol. The normalized spacial score (nSPS) is 15.6. The number of benzene rings is 2. The smallest absolute Gasteiger partial charge is 0.262 e. The van der Waals surface area contributed by atoms with Gasteiger partial charge >= 0.3 is 0 Å². The zero-order valence-electron chi connectivity index (χ0n) is 16.8. The third kappa shape index (κ3) is 3.89. The number of rotatable bonds is 6. The van der Waals surface area contributed by atoms with Crippen molar-refractivity contribution in [1.82, 2.24) is 0 Å². The van der Waals surface area contributed by atoms with Crippen molar-refractivity contribution in [2.45, 2.75) is 37.5 Å². The summed E-state index contributed by atoms with van der Waals surface area (Å²) in [5.74, 6) is 0. The predicted octanol–water partition coefficient (Wildman–Crippen LogP) is 6.77. The Bertz CT molecular complexity index is 1050. The van der Waals surface area contributed by atoms with E-state index in [0.717, 1.165) is 6.42 Å². The number of hydrogen-bond donors (Lipinski definition) is 0. The van der Waals surface area contributed by atoms with Gasteiger partial charge in [0, 0.05) is 24.1 Å². The summed E-state index contributed by atoms with van der Waals surface area (Å²) in [6.45, 7) is 2.27. The second-order valence-electron chi connectivity index (χ2n) is 7.25. The topological polar surface area (TPSA) is 7.12 Å². The Morgan fingerprint density at radius 2 is 1.86 bits per heavy atom. The minimum absolute atomic E-state index is 1.12. The van der Waals surface area contributed by atoms with Crippen molar-refractivity contribution in [3.8, 4) is 0 Å². The van der Waals surface area contributed by atoms with Crippen LogP contribution in [0.3, 0.4) is 0 Å². The molecule has 0 aliphatic carbocycles. The van der Waals surface area contributed by atoms with E-state index in [4.69, 9.17) is 0 Å². The number of fused-ring (bicyclic) bond motifs is 2. The van der Waals surface area contributed by atoms with Gasteiger partial charge in [0.2, 0.25) is 5.52 Å². The zero-order valence-corrected chi connectivity index (χ0v) is 18.4. The molecule has 28 heavy (non-hydrogen) atoms. The van der Waals surface area contributed by atoms with Crippen molar-refractivity contribution in [2.75, 3.05) is 11.9 Å². The molecule has 2 nitrogen and oxygen atoms in total. The van der Waals surface area contributed by atoms with Crippen LogP contribution in [0.15, 0.2) is 70.1 Å². The first-order chi connectivity index (χ1) is 13.7. The Morgan fingerprint density at radius 1 is 1.07 bits per heavy atom. The standard InChI is InChI=1S/C24H27N2S2/c1-4-5-6-11-18(16-23-25(2)19-12-7-9-14-21(19)27-23)17-24-26(3)20-13-8-10-15-22(20)28-24/h7-10,12-17H,4-6,11H2,1-3H3/q+1. The lowest BCUT2D eigenvalue weighted by Crippen LogP contribution is -2.28. The first kappa shape index (κ1) is 19.3. The largest absolute Gasteiger partial charge is 0.338 e. The lowest BCUT2D eigenvalue weighted by Gasteiger charge is -2.14. The van der Waals surface area contributed by atoms with E-state index in [2.05, 4.69) is 91.2 Å². The summed E-state index contributed by atoms with van der Waals surface area (Å²) in [5.41, 5.74) is 4.02. The van der Waals surface area contributed by atoms with E-state index in [-0.39, 0.29) is 0 Å². The van der Waals surface area contributed by atoms with E-state index < -0.39 is 0 Å². The van der Waals surface area contributed by atoms with Crippen LogP contribution in [0.1, 0.15) is 37.6 Å². The summed E-state index contributed by atoms with van der Waals surface area (Å²) in [4.78, 5) is 3.66. The van der Waals surface area contributed by atoms with Gasteiger partial charge in [-0.15, -0.1) is 0 Å². The molecule has 1 aromatic heterocycles. The first-order valence-electron chi connectivity index (χ1n) is 9.98. The van der Waals surface area contributed by atoms with Crippen LogP contribution >= 0.6 is 23.1 Å². The Morgan fingerprint density at radius 3 is 2.64 bits per heavy atom. The fourth-order valence-corrected chi connectivity index (χ4v) is 5.83. The molecule has 0 saturated carbocycles. The average Bonchev–Trinajstić information content (AvgIpc) is 3.20. The van der Waals surface area contributed by atoms with Gasteiger partial charge in [0.25, 0.3) is 5.01 Å². The number of unbranched alkanes of at least 4 members (excludes halogenated alkanes) is 2. The molecule has 2 aromatic carbocycles. The van der Waals surface area contributed by atoms with Crippen molar-refractivity contribution >= 4 is 45.1 Å². The molecule has 0 amide bonds. The van der Waals surface area contributed by atoms with Gasteiger partial charge < -0.3 is 4.90 Å². The Labute approximate surface area is 176 Å². The summed E-state index contributed by atoms with van der Waals surface area (Å²) in [5, 5.41) is 2.63. The number of nitrogens with zero attached hydrogens (tertiary/aromatic N) is 2. The molecule has 0 N–H and O–H groups in total. The third-order valence-corrected chi connectivity index (χ3v) is 7.56. The molecule has 2 heterocycles. The van der Waals surface area contributed by atoms with Crippen LogP contribution in [-0.2, 0) is 7.05 Å². The minimum Gasteiger partial charge on any atom is -0.338 e. The van der Waals surface area contributed by atoms with Crippen molar-refractivity contribution in [2.24, 2.45) is 7.05 Å². The molecule has 1 aliphatic heterocycles. The summed E-state index contributed by atoms with van der Waals surface area (Å²) in [7, 11) is 4.35. The monoisotopic (exact) mass is 407 g/mol. The minimum atomic E-state index is 1.12. The fourth-order valence-electron chi connectivity index (χ4n) is 3.58. The maximum atomic E-state index is 2.39. The summed E-state index contributed by atoms with van der Waals surface area (Å²) in [6, 6.07) is 17.3. The maximum absolute atomic E-state index is 2.39. The highest BCUT2D eigenvalue weighted by Gasteiger charge is 2.22. The number of allylic oxidation sites excluding steroid dienone is 2. The van der Waals surface area contributed by atoms with Gasteiger partial charge in [-0.1, -0.05) is 67.1 Å². The highest BCUT2D eigenvalue weighted by atomic mass is 32.2. The van der Waals surface area contributed by atoms with E-state index >= 15 is 0 Å². The summed E-state index contributed by atoms with van der Waals surface area (Å²) < 4.78 is 3.66. The average molecular weight is 408 g/mol. The number of thiazole rings is 1. The van der Waals surface area contributed by atoms with Crippen LogP contribution < -0.4 is 9.47 Å². The third-order valence-electron chi connectivity index (χ3n) is 5.23. The predicted molar refractivity (Wildman–Crippen MR) is 124 cm³/mol. The molecule has 0 fully saturated rings. The van der Waals surface area contributed by atoms with Crippen molar-refractivity contribution in [1.29, 1.82) is 0 Å². The summed E-state index contributed by atoms with van der Waals surface area (Å²) in [6.07, 6.45) is 9.68. The van der Waals surface area contributed by atoms with Gasteiger partial charge in [0.1, 0.15) is 11.7 Å². The van der Waals surface area contributed by atoms with E-state index in [0.29, 0.717) is 0 Å². The number of para-hydroxylation sites is 2. The van der Waals surface area contributed by atoms with Crippen LogP contribution in [0.4, 0.5) is 5.69 Å². The molecule has 3 aromatic rings. The Hall–Kier alpha value is -2.04. The maximum Gasteiger partial charge on any atom is 0.262 e. The second-order valence-corrected chi connectivity index (χ2v) is 9.38.